The summed E-state index contributed by atoms with van der Waals surface area (Å²) in [6.07, 6.45) is 1.10. The van der Waals surface area contributed by atoms with Crippen molar-refractivity contribution >= 4 is 33.0 Å². The summed E-state index contributed by atoms with van der Waals surface area (Å²) >= 11 is 1.08. The number of sulfonamides is 1. The number of hydrogen-bond donors (Lipinski definition) is 1. The van der Waals surface area contributed by atoms with Crippen LogP contribution in [0.4, 0.5) is 14.5 Å². The number of hydrogen-bond acceptors (Lipinski definition) is 6. The van der Waals surface area contributed by atoms with Gasteiger partial charge in [-0.2, -0.15) is 4.31 Å². The van der Waals surface area contributed by atoms with E-state index in [4.69, 9.17) is 0 Å². The highest BCUT2D eigenvalue weighted by atomic mass is 32.2. The highest BCUT2D eigenvalue weighted by molar-refractivity contribution is 7.89. The third-order valence-electron chi connectivity index (χ3n) is 5.33. The normalized spacial score (nSPS) is 15.6. The summed E-state index contributed by atoms with van der Waals surface area (Å²) in [5.41, 5.74) is 0.551. The van der Waals surface area contributed by atoms with E-state index >= 15 is 0 Å². The third kappa shape index (κ3) is 4.54. The van der Waals surface area contributed by atoms with Crippen LogP contribution < -0.4 is 5.32 Å². The zero-order valence-electron chi connectivity index (χ0n) is 17.1. The van der Waals surface area contributed by atoms with Gasteiger partial charge in [-0.15, -0.1) is 10.2 Å². The van der Waals surface area contributed by atoms with Gasteiger partial charge in [0, 0.05) is 25.1 Å². The second kappa shape index (κ2) is 9.00. The molecule has 0 unspecified atom stereocenters. The minimum Gasteiger partial charge on any atom is -0.317 e. The number of nitrogens with zero attached hydrogens (tertiary/aromatic N) is 3. The molecule has 1 aromatic heterocycles. The monoisotopic (exact) mass is 478 g/mol. The molecule has 0 bridgehead atoms. The predicted octanol–water partition coefficient (Wildman–Crippen LogP) is 3.95. The molecule has 1 fully saturated rings. The molecule has 168 valence electrons. The lowest BCUT2D eigenvalue weighted by molar-refractivity contribution is 0.102. The summed E-state index contributed by atoms with van der Waals surface area (Å²) < 4.78 is 54.2. The first-order valence-electron chi connectivity index (χ1n) is 9.91. The second-order valence-corrected chi connectivity index (χ2v) is 10.4. The van der Waals surface area contributed by atoms with Crippen molar-refractivity contribution in [2.24, 2.45) is 0 Å². The van der Waals surface area contributed by atoms with E-state index in [0.29, 0.717) is 47.5 Å². The van der Waals surface area contributed by atoms with Gasteiger partial charge in [-0.1, -0.05) is 29.5 Å². The van der Waals surface area contributed by atoms with Gasteiger partial charge in [0.15, 0.2) is 0 Å². The minimum absolute atomic E-state index is 0.0278. The standard InChI is InChI=1S/C21H20F2N4O3S2/c1-13-4-2-3-5-18(13)32(29,30)27-10-8-14(9-11-27)20-25-26-21(31-20)19(28)24-17-7-6-15(22)12-16(17)23/h2-7,12,14H,8-11H2,1H3,(H,24,28). The van der Waals surface area contributed by atoms with Crippen molar-refractivity contribution in [3.63, 3.8) is 0 Å². The van der Waals surface area contributed by atoms with Crippen molar-refractivity contribution in [1.82, 2.24) is 14.5 Å². The maximum atomic E-state index is 13.8. The first kappa shape index (κ1) is 22.4. The Labute approximate surface area is 188 Å². The van der Waals surface area contributed by atoms with E-state index in [-0.39, 0.29) is 16.6 Å². The van der Waals surface area contributed by atoms with E-state index in [0.717, 1.165) is 23.5 Å². The molecule has 4 rings (SSSR count). The molecule has 2 aromatic carbocycles. The number of benzene rings is 2. The number of piperidine rings is 1. The molecule has 0 saturated carbocycles. The Morgan fingerprint density at radius 2 is 1.84 bits per heavy atom. The van der Waals surface area contributed by atoms with Crippen molar-refractivity contribution in [1.29, 1.82) is 0 Å². The van der Waals surface area contributed by atoms with Gasteiger partial charge in [0.25, 0.3) is 5.91 Å². The molecule has 0 radical (unpaired) electrons. The lowest BCUT2D eigenvalue weighted by Crippen LogP contribution is -2.38. The van der Waals surface area contributed by atoms with Gasteiger partial charge < -0.3 is 5.32 Å². The van der Waals surface area contributed by atoms with Gasteiger partial charge in [-0.05, 0) is 43.5 Å². The second-order valence-electron chi connectivity index (χ2n) is 7.47. The van der Waals surface area contributed by atoms with Crippen molar-refractivity contribution in [2.45, 2.75) is 30.6 Å². The Bertz CT molecular complexity index is 1260. The fourth-order valence-corrected chi connectivity index (χ4v) is 6.19. The molecular formula is C21H20F2N4O3S2. The Morgan fingerprint density at radius 1 is 1.12 bits per heavy atom. The largest absolute Gasteiger partial charge is 0.317 e. The van der Waals surface area contributed by atoms with Crippen LogP contribution in [0.1, 0.15) is 39.1 Å². The van der Waals surface area contributed by atoms with Crippen LogP contribution in [0, 0.1) is 18.6 Å². The van der Waals surface area contributed by atoms with E-state index in [2.05, 4.69) is 15.5 Å². The molecule has 32 heavy (non-hydrogen) atoms. The van der Waals surface area contributed by atoms with Crippen molar-refractivity contribution in [3.8, 4) is 0 Å². The number of nitrogens with one attached hydrogen (secondary N) is 1. The minimum atomic E-state index is -3.57. The predicted molar refractivity (Wildman–Crippen MR) is 116 cm³/mol. The van der Waals surface area contributed by atoms with Crippen LogP contribution >= 0.6 is 11.3 Å². The smallest absolute Gasteiger partial charge is 0.286 e. The number of carbonyl (C=O) groups is 1. The molecule has 1 amide bonds. The van der Waals surface area contributed by atoms with Crippen LogP contribution in [0.15, 0.2) is 47.4 Å². The van der Waals surface area contributed by atoms with E-state index in [1.165, 1.54) is 4.31 Å². The summed E-state index contributed by atoms with van der Waals surface area (Å²) in [5.74, 6) is -2.29. The molecule has 0 atom stereocenters. The number of rotatable bonds is 5. The van der Waals surface area contributed by atoms with Crippen LogP contribution in [0.5, 0.6) is 0 Å². The molecule has 1 aliphatic heterocycles. The Morgan fingerprint density at radius 3 is 2.53 bits per heavy atom. The summed E-state index contributed by atoms with van der Waals surface area (Å²) in [6, 6.07) is 9.74. The average molecular weight is 479 g/mol. The molecular weight excluding hydrogens is 458 g/mol. The van der Waals surface area contributed by atoms with Gasteiger partial charge in [0.2, 0.25) is 15.0 Å². The molecule has 3 aromatic rings. The molecule has 1 N–H and O–H groups in total. The number of anilines is 1. The lowest BCUT2D eigenvalue weighted by Gasteiger charge is -2.30. The van der Waals surface area contributed by atoms with Crippen LogP contribution in [0.3, 0.4) is 0 Å². The fourth-order valence-electron chi connectivity index (χ4n) is 3.59. The van der Waals surface area contributed by atoms with Crippen molar-refractivity contribution < 1.29 is 22.0 Å². The zero-order valence-corrected chi connectivity index (χ0v) is 18.7. The van der Waals surface area contributed by atoms with Gasteiger partial charge in [0.1, 0.15) is 16.6 Å². The van der Waals surface area contributed by atoms with E-state index in [1.807, 2.05) is 0 Å². The molecule has 0 spiro atoms. The van der Waals surface area contributed by atoms with Crippen LogP contribution in [-0.2, 0) is 10.0 Å². The molecule has 1 aliphatic rings. The van der Waals surface area contributed by atoms with Crippen LogP contribution in [0.2, 0.25) is 0 Å². The zero-order chi connectivity index (χ0) is 22.9. The number of amides is 1. The maximum absolute atomic E-state index is 13.8. The lowest BCUT2D eigenvalue weighted by atomic mass is 9.99. The van der Waals surface area contributed by atoms with Gasteiger partial charge >= 0.3 is 0 Å². The van der Waals surface area contributed by atoms with Gasteiger partial charge in [-0.3, -0.25) is 4.79 Å². The third-order valence-corrected chi connectivity index (χ3v) is 8.47. The molecule has 1 saturated heterocycles. The van der Waals surface area contributed by atoms with Crippen molar-refractivity contribution in [2.75, 3.05) is 18.4 Å². The topological polar surface area (TPSA) is 92.3 Å². The molecule has 7 nitrogen and oxygen atoms in total. The summed E-state index contributed by atoms with van der Waals surface area (Å²) in [5, 5.41) is 11.0. The summed E-state index contributed by atoms with van der Waals surface area (Å²) in [6.45, 7) is 2.44. The number of halogens is 2. The Kier molecular flexibility index (Phi) is 6.31. The number of carbonyl (C=O) groups excluding carboxylic acids is 1. The number of aromatic nitrogens is 2. The van der Waals surface area contributed by atoms with E-state index < -0.39 is 27.6 Å². The summed E-state index contributed by atoms with van der Waals surface area (Å²) in [7, 11) is -3.57. The van der Waals surface area contributed by atoms with Crippen molar-refractivity contribution in [3.05, 3.63) is 69.7 Å². The quantitative estimate of drug-likeness (QED) is 0.600. The maximum Gasteiger partial charge on any atom is 0.286 e. The first-order valence-corrected chi connectivity index (χ1v) is 12.2. The van der Waals surface area contributed by atoms with Crippen LogP contribution in [0.25, 0.3) is 0 Å². The van der Waals surface area contributed by atoms with E-state index in [1.54, 1.807) is 31.2 Å². The highest BCUT2D eigenvalue weighted by Gasteiger charge is 2.32. The van der Waals surface area contributed by atoms with Crippen LogP contribution in [-0.4, -0.2) is 41.9 Å². The molecule has 0 aliphatic carbocycles. The molecule has 2 heterocycles. The average Bonchev–Trinajstić information content (AvgIpc) is 3.26. The summed E-state index contributed by atoms with van der Waals surface area (Å²) in [4.78, 5) is 12.7. The van der Waals surface area contributed by atoms with Gasteiger partial charge in [0.05, 0.1) is 10.6 Å². The SMILES string of the molecule is Cc1ccccc1S(=O)(=O)N1CCC(c2nnc(C(=O)Nc3ccc(F)cc3F)s2)CC1. The Balaban J connectivity index is 1.41. The fraction of sp³-hybridized carbons (Fsp3) is 0.286. The molecule has 11 heteroatoms. The number of aryl methyl sites for hydroxylation is 1. The van der Waals surface area contributed by atoms with E-state index in [9.17, 15) is 22.0 Å². The first-order chi connectivity index (χ1) is 15.3. The Hall–Kier alpha value is -2.76. The van der Waals surface area contributed by atoms with Gasteiger partial charge in [-0.25, -0.2) is 17.2 Å². The highest BCUT2D eigenvalue weighted by Crippen LogP contribution is 2.33.